The van der Waals surface area contributed by atoms with E-state index in [9.17, 15) is 23.6 Å². The number of carboxylic acid groups (broad SMARTS) is 1. The molecule has 3 aromatic rings. The number of carbonyl (C=O) groups is 3. The van der Waals surface area contributed by atoms with Gasteiger partial charge in [0, 0.05) is 20.3 Å². The molecule has 35 heavy (non-hydrogen) atoms. The molecule has 3 amide bonds. The Kier molecular flexibility index (Phi) is 7.97. The molecule has 0 aliphatic heterocycles. The topological polar surface area (TPSA) is 149 Å². The highest BCUT2D eigenvalue weighted by atomic mass is 19.1. The number of nitrogens with one attached hydrogen (secondary N) is 3. The maximum absolute atomic E-state index is 13.4. The van der Waals surface area contributed by atoms with Crippen molar-refractivity contribution in [3.05, 3.63) is 70.7 Å². The van der Waals surface area contributed by atoms with Gasteiger partial charge in [-0.2, -0.15) is 0 Å². The van der Waals surface area contributed by atoms with Crippen LogP contribution in [0.2, 0.25) is 0 Å². The molecular weight excluding hydrogens is 459 g/mol. The lowest BCUT2D eigenvalue weighted by Gasteiger charge is -2.16. The monoisotopic (exact) mass is 484 g/mol. The van der Waals surface area contributed by atoms with Crippen LogP contribution in [-0.4, -0.2) is 62.6 Å². The number of allylic oxidation sites excluding steroid dienone is 1. The molecule has 1 atom stereocenters. The highest BCUT2D eigenvalue weighted by molar-refractivity contribution is 5.96. The molecular formula is C23H25FN6O5. The van der Waals surface area contributed by atoms with E-state index in [0.717, 1.165) is 0 Å². The van der Waals surface area contributed by atoms with Gasteiger partial charge in [-0.05, 0) is 49.2 Å². The summed E-state index contributed by atoms with van der Waals surface area (Å²) in [4.78, 5) is 57.0. The Morgan fingerprint density at radius 2 is 2.06 bits per heavy atom. The number of fused-ring (bicyclic) bond motifs is 1. The Bertz CT molecular complexity index is 1330. The van der Waals surface area contributed by atoms with Crippen molar-refractivity contribution in [2.45, 2.75) is 25.4 Å². The van der Waals surface area contributed by atoms with E-state index < -0.39 is 29.4 Å². The fraction of sp³-hybridized carbons (Fsp3) is 0.261. The van der Waals surface area contributed by atoms with E-state index in [0.29, 0.717) is 16.9 Å². The van der Waals surface area contributed by atoms with Crippen molar-refractivity contribution in [3.8, 4) is 0 Å². The fourth-order valence-corrected chi connectivity index (χ4v) is 3.26. The summed E-state index contributed by atoms with van der Waals surface area (Å²) in [5.41, 5.74) is 0.456. The number of pyridine rings is 1. The number of nitrogens with zero attached hydrogens (tertiary/aromatic N) is 3. The van der Waals surface area contributed by atoms with Crippen molar-refractivity contribution >= 4 is 34.6 Å². The Balaban J connectivity index is 1.71. The molecule has 0 aliphatic rings. The Morgan fingerprint density at radius 1 is 1.29 bits per heavy atom. The third-order valence-corrected chi connectivity index (χ3v) is 5.03. The first kappa shape index (κ1) is 25.1. The number of benzene rings is 1. The number of aromatic amines is 1. The van der Waals surface area contributed by atoms with Gasteiger partial charge in [0.25, 0.3) is 5.56 Å². The van der Waals surface area contributed by atoms with Crippen molar-refractivity contribution < 1.29 is 23.9 Å². The van der Waals surface area contributed by atoms with Gasteiger partial charge in [-0.3, -0.25) is 14.4 Å². The van der Waals surface area contributed by atoms with E-state index >= 15 is 0 Å². The van der Waals surface area contributed by atoms with E-state index in [1.54, 1.807) is 26.2 Å². The minimum absolute atomic E-state index is 0.0420. The van der Waals surface area contributed by atoms with Crippen molar-refractivity contribution in [3.63, 3.8) is 0 Å². The first-order chi connectivity index (χ1) is 16.6. The predicted molar refractivity (Wildman–Crippen MR) is 127 cm³/mol. The Morgan fingerprint density at radius 3 is 2.77 bits per heavy atom. The smallest absolute Gasteiger partial charge is 0.405 e. The third kappa shape index (κ3) is 6.76. The van der Waals surface area contributed by atoms with Gasteiger partial charge in [-0.15, -0.1) is 0 Å². The van der Waals surface area contributed by atoms with Crippen LogP contribution < -0.4 is 16.2 Å². The second kappa shape index (κ2) is 11.1. The van der Waals surface area contributed by atoms with E-state index in [2.05, 4.69) is 20.6 Å². The van der Waals surface area contributed by atoms with E-state index in [-0.39, 0.29) is 31.0 Å². The molecule has 0 fully saturated rings. The average Bonchev–Trinajstić information content (AvgIpc) is 3.19. The van der Waals surface area contributed by atoms with Gasteiger partial charge in [0.05, 0.1) is 17.6 Å². The van der Waals surface area contributed by atoms with Crippen molar-refractivity contribution in [2.24, 2.45) is 0 Å². The summed E-state index contributed by atoms with van der Waals surface area (Å²) in [5.74, 6) is -0.954. The Labute approximate surface area is 199 Å². The van der Waals surface area contributed by atoms with Gasteiger partial charge < -0.3 is 30.2 Å². The maximum atomic E-state index is 13.4. The lowest BCUT2D eigenvalue weighted by molar-refractivity contribution is -0.123. The first-order valence-electron chi connectivity index (χ1n) is 10.7. The molecule has 2 aromatic heterocycles. The van der Waals surface area contributed by atoms with Crippen LogP contribution >= 0.6 is 0 Å². The molecule has 0 saturated heterocycles. The summed E-state index contributed by atoms with van der Waals surface area (Å²) < 4.78 is 14.7. The average molecular weight is 484 g/mol. The minimum Gasteiger partial charge on any atom is -0.465 e. The number of carbonyl (C=O) groups excluding carboxylic acids is 2. The summed E-state index contributed by atoms with van der Waals surface area (Å²) in [6, 6.07) is 5.90. The van der Waals surface area contributed by atoms with Gasteiger partial charge >= 0.3 is 6.09 Å². The zero-order valence-corrected chi connectivity index (χ0v) is 19.1. The van der Waals surface area contributed by atoms with Crippen LogP contribution in [0.15, 0.2) is 53.5 Å². The maximum Gasteiger partial charge on any atom is 0.405 e. The molecule has 184 valence electrons. The molecule has 11 nitrogen and oxygen atoms in total. The highest BCUT2D eigenvalue weighted by Gasteiger charge is 2.21. The van der Waals surface area contributed by atoms with Crippen LogP contribution in [-0.2, 0) is 16.1 Å². The minimum atomic E-state index is -1.40. The van der Waals surface area contributed by atoms with Crippen LogP contribution in [0.3, 0.4) is 0 Å². The number of rotatable bonds is 9. The number of hydrogen-bond donors (Lipinski definition) is 4. The molecule has 1 aromatic carbocycles. The summed E-state index contributed by atoms with van der Waals surface area (Å²) in [7, 11) is 3.19. The highest BCUT2D eigenvalue weighted by Crippen LogP contribution is 2.13. The number of hydrogen-bond acceptors (Lipinski definition) is 5. The quantitative estimate of drug-likeness (QED) is 0.341. The molecule has 3 rings (SSSR count). The lowest BCUT2D eigenvalue weighted by atomic mass is 10.1. The standard InChI is InChI=1S/C23H25FN6O5/c1-29(2)20(31)8-4-3-6-16(28-23(34)35)21(32)27-17-7-5-11-30(22(17)33)13-19-25-15-10-9-14(24)12-18(15)26-19/h4-5,7-12,16,28H,3,6,13H2,1-2H3,(H,25,26)(H,27,32)(H,34,35)/b8-4+. The fourth-order valence-electron chi connectivity index (χ4n) is 3.26. The van der Waals surface area contributed by atoms with Gasteiger partial charge in [0.2, 0.25) is 11.8 Å². The summed E-state index contributed by atoms with van der Waals surface area (Å²) in [6.07, 6.45) is 3.31. The molecule has 2 heterocycles. The first-order valence-corrected chi connectivity index (χ1v) is 10.7. The molecule has 0 spiro atoms. The van der Waals surface area contributed by atoms with E-state index in [1.165, 1.54) is 46.0 Å². The van der Waals surface area contributed by atoms with Gasteiger partial charge in [-0.1, -0.05) is 6.08 Å². The normalized spacial score (nSPS) is 12.0. The number of amides is 3. The van der Waals surface area contributed by atoms with Crippen molar-refractivity contribution in [1.82, 2.24) is 24.8 Å². The molecule has 4 N–H and O–H groups in total. The van der Waals surface area contributed by atoms with E-state index in [4.69, 9.17) is 5.11 Å². The molecule has 1 unspecified atom stereocenters. The van der Waals surface area contributed by atoms with Gasteiger partial charge in [0.15, 0.2) is 0 Å². The van der Waals surface area contributed by atoms with Crippen LogP contribution in [0.4, 0.5) is 14.9 Å². The SMILES string of the molecule is CN(C)C(=O)/C=C/CCC(NC(=O)O)C(=O)Nc1cccn(Cc2nc3ccc(F)cc3[nH]2)c1=O. The lowest BCUT2D eigenvalue weighted by Crippen LogP contribution is -2.44. The molecule has 0 radical (unpaired) electrons. The number of halogens is 1. The number of imidazole rings is 1. The summed E-state index contributed by atoms with van der Waals surface area (Å²) in [6.45, 7) is 0.0420. The Hall–Kier alpha value is -4.48. The molecule has 0 aliphatic carbocycles. The largest absolute Gasteiger partial charge is 0.465 e. The third-order valence-electron chi connectivity index (χ3n) is 5.03. The predicted octanol–water partition coefficient (Wildman–Crippen LogP) is 1.91. The summed E-state index contributed by atoms with van der Waals surface area (Å²) in [5, 5.41) is 13.7. The van der Waals surface area contributed by atoms with Crippen molar-refractivity contribution in [2.75, 3.05) is 19.4 Å². The molecule has 0 saturated carbocycles. The van der Waals surface area contributed by atoms with Crippen LogP contribution in [0.5, 0.6) is 0 Å². The number of likely N-dealkylation sites (N-methyl/N-ethyl adjacent to an activating group) is 1. The number of H-pyrrole nitrogens is 1. The second-order valence-electron chi connectivity index (χ2n) is 7.90. The molecule has 12 heteroatoms. The van der Waals surface area contributed by atoms with Crippen molar-refractivity contribution in [1.29, 1.82) is 0 Å². The molecule has 0 bridgehead atoms. The van der Waals surface area contributed by atoms with Gasteiger partial charge in [0.1, 0.15) is 23.4 Å². The zero-order chi connectivity index (χ0) is 25.5. The summed E-state index contributed by atoms with van der Waals surface area (Å²) >= 11 is 0. The van der Waals surface area contributed by atoms with Crippen LogP contribution in [0.1, 0.15) is 18.7 Å². The number of aromatic nitrogens is 3. The van der Waals surface area contributed by atoms with Gasteiger partial charge in [-0.25, -0.2) is 14.2 Å². The number of anilines is 1. The zero-order valence-electron chi connectivity index (χ0n) is 19.1. The van der Waals surface area contributed by atoms with Crippen LogP contribution in [0, 0.1) is 5.82 Å². The van der Waals surface area contributed by atoms with Crippen LogP contribution in [0.25, 0.3) is 11.0 Å². The van der Waals surface area contributed by atoms with E-state index in [1.807, 2.05) is 0 Å². The second-order valence-corrected chi connectivity index (χ2v) is 7.90.